The highest BCUT2D eigenvalue weighted by Gasteiger charge is 2.58. The van der Waals surface area contributed by atoms with Crippen molar-refractivity contribution in [3.05, 3.63) is 11.6 Å². The summed E-state index contributed by atoms with van der Waals surface area (Å²) >= 11 is 0. The van der Waals surface area contributed by atoms with Gasteiger partial charge >= 0.3 is 5.97 Å². The molecule has 1 aliphatic carbocycles. The normalized spacial score (nSPS) is 39.1. The highest BCUT2D eigenvalue weighted by molar-refractivity contribution is 5.88. The molecule has 6 nitrogen and oxygen atoms in total. The summed E-state index contributed by atoms with van der Waals surface area (Å²) in [6.45, 7) is 5.76. The van der Waals surface area contributed by atoms with Gasteiger partial charge < -0.3 is 23.7 Å². The zero-order chi connectivity index (χ0) is 18.0. The van der Waals surface area contributed by atoms with Crippen molar-refractivity contribution in [3.63, 3.8) is 0 Å². The van der Waals surface area contributed by atoms with Crippen molar-refractivity contribution in [1.82, 2.24) is 0 Å². The Labute approximate surface area is 144 Å². The molecule has 1 fully saturated rings. The predicted molar refractivity (Wildman–Crippen MR) is 88.3 cm³/mol. The lowest BCUT2D eigenvalue weighted by Gasteiger charge is -2.54. The van der Waals surface area contributed by atoms with Crippen LogP contribution in [0.5, 0.6) is 0 Å². The quantitative estimate of drug-likeness (QED) is 0.692. The Balaban J connectivity index is 2.33. The molecule has 0 radical (unpaired) electrons. The third-order valence-corrected chi connectivity index (χ3v) is 5.30. The van der Waals surface area contributed by atoms with Gasteiger partial charge in [-0.05, 0) is 20.3 Å². The number of hydrogen-bond acceptors (Lipinski definition) is 6. The van der Waals surface area contributed by atoms with Gasteiger partial charge in [-0.3, -0.25) is 0 Å². The SMILES string of the molecule is CCCC[C@@H]1C=C(C(=O)OC)C[C@H]2OC(C)(OC)C(C)(OC)O[C@H]12. The minimum atomic E-state index is -1.06. The number of carbonyl (C=O) groups excluding carboxylic acids is 1. The fraction of sp³-hybridized carbons (Fsp3) is 0.833. The van der Waals surface area contributed by atoms with Gasteiger partial charge in [0.25, 0.3) is 0 Å². The molecule has 0 N–H and O–H groups in total. The molecule has 2 unspecified atom stereocenters. The molecule has 0 aromatic rings. The Bertz CT molecular complexity index is 490. The van der Waals surface area contributed by atoms with E-state index >= 15 is 0 Å². The van der Waals surface area contributed by atoms with Gasteiger partial charge in [0.1, 0.15) is 0 Å². The second-order valence-electron chi connectivity index (χ2n) is 6.73. The maximum atomic E-state index is 12.0. The van der Waals surface area contributed by atoms with Crippen molar-refractivity contribution < 1.29 is 28.5 Å². The fourth-order valence-corrected chi connectivity index (χ4v) is 3.50. The molecule has 0 amide bonds. The van der Waals surface area contributed by atoms with Gasteiger partial charge in [-0.15, -0.1) is 0 Å². The average molecular weight is 342 g/mol. The Hall–Kier alpha value is -0.950. The van der Waals surface area contributed by atoms with E-state index in [2.05, 4.69) is 6.92 Å². The Morgan fingerprint density at radius 3 is 2.38 bits per heavy atom. The number of hydrogen-bond donors (Lipinski definition) is 0. The van der Waals surface area contributed by atoms with E-state index in [0.717, 1.165) is 19.3 Å². The number of rotatable bonds is 6. The smallest absolute Gasteiger partial charge is 0.333 e. The lowest BCUT2D eigenvalue weighted by Crippen LogP contribution is -2.66. The second kappa shape index (κ2) is 7.52. The van der Waals surface area contributed by atoms with Crippen molar-refractivity contribution in [2.24, 2.45) is 5.92 Å². The van der Waals surface area contributed by atoms with Crippen molar-refractivity contribution in [1.29, 1.82) is 0 Å². The highest BCUT2D eigenvalue weighted by Crippen LogP contribution is 2.45. The van der Waals surface area contributed by atoms with E-state index in [9.17, 15) is 4.79 Å². The standard InChI is InChI=1S/C18H30O6/c1-7-8-9-12-10-13(16(19)20-4)11-14-15(12)24-18(3,22-6)17(2,21-5)23-14/h10,12,14-15H,7-9,11H2,1-6H3/t12-,14-,15-,17?,18?/m1/s1. The van der Waals surface area contributed by atoms with Crippen LogP contribution in [-0.2, 0) is 28.5 Å². The molecular weight excluding hydrogens is 312 g/mol. The van der Waals surface area contributed by atoms with Gasteiger partial charge in [-0.2, -0.15) is 0 Å². The number of ether oxygens (including phenoxy) is 5. The van der Waals surface area contributed by atoms with Crippen molar-refractivity contribution >= 4 is 5.97 Å². The summed E-state index contributed by atoms with van der Waals surface area (Å²) in [5.41, 5.74) is 0.642. The van der Waals surface area contributed by atoms with Crippen molar-refractivity contribution in [2.75, 3.05) is 21.3 Å². The maximum Gasteiger partial charge on any atom is 0.333 e. The molecular formula is C18H30O6. The first-order valence-electron chi connectivity index (χ1n) is 8.59. The number of methoxy groups -OCH3 is 3. The molecule has 5 atom stereocenters. The van der Waals surface area contributed by atoms with E-state index in [1.807, 2.05) is 13.0 Å². The van der Waals surface area contributed by atoms with Gasteiger partial charge in [-0.1, -0.05) is 25.8 Å². The molecule has 0 aromatic carbocycles. The first-order valence-corrected chi connectivity index (χ1v) is 8.59. The van der Waals surface area contributed by atoms with Crippen LogP contribution in [0.1, 0.15) is 46.5 Å². The summed E-state index contributed by atoms with van der Waals surface area (Å²) in [5.74, 6) is -2.31. The molecule has 6 heteroatoms. The molecule has 2 aliphatic rings. The van der Waals surface area contributed by atoms with Gasteiger partial charge in [-0.25, -0.2) is 4.79 Å². The molecule has 0 saturated carbocycles. The van der Waals surface area contributed by atoms with E-state index in [-0.39, 0.29) is 24.1 Å². The second-order valence-corrected chi connectivity index (χ2v) is 6.73. The fourth-order valence-electron chi connectivity index (χ4n) is 3.50. The van der Waals surface area contributed by atoms with E-state index < -0.39 is 11.6 Å². The van der Waals surface area contributed by atoms with Crippen LogP contribution in [-0.4, -0.2) is 51.1 Å². The first-order chi connectivity index (χ1) is 11.3. The Morgan fingerprint density at radius 2 is 1.83 bits per heavy atom. The Morgan fingerprint density at radius 1 is 1.21 bits per heavy atom. The minimum absolute atomic E-state index is 0.0775. The molecule has 138 valence electrons. The van der Waals surface area contributed by atoms with E-state index in [0.29, 0.717) is 12.0 Å². The van der Waals surface area contributed by atoms with E-state index in [1.165, 1.54) is 7.11 Å². The molecule has 1 heterocycles. The molecule has 1 saturated heterocycles. The number of esters is 1. The van der Waals surface area contributed by atoms with Gasteiger partial charge in [0, 0.05) is 32.1 Å². The maximum absolute atomic E-state index is 12.0. The summed E-state index contributed by atoms with van der Waals surface area (Å²) in [6.07, 6.45) is 5.01. The topological polar surface area (TPSA) is 63.2 Å². The minimum Gasteiger partial charge on any atom is -0.466 e. The monoisotopic (exact) mass is 342 g/mol. The lowest BCUT2D eigenvalue weighted by molar-refractivity contribution is -0.452. The molecule has 0 spiro atoms. The van der Waals surface area contributed by atoms with E-state index in [1.54, 1.807) is 21.1 Å². The van der Waals surface area contributed by atoms with Crippen LogP contribution in [0.2, 0.25) is 0 Å². The number of carbonyl (C=O) groups is 1. The molecule has 2 rings (SSSR count). The summed E-state index contributed by atoms with van der Waals surface area (Å²) in [7, 11) is 4.55. The summed E-state index contributed by atoms with van der Waals surface area (Å²) in [6, 6.07) is 0. The summed E-state index contributed by atoms with van der Waals surface area (Å²) in [4.78, 5) is 12.0. The highest BCUT2D eigenvalue weighted by atomic mass is 16.8. The third-order valence-electron chi connectivity index (χ3n) is 5.30. The third kappa shape index (κ3) is 3.38. The summed E-state index contributed by atoms with van der Waals surface area (Å²) in [5, 5.41) is 0. The predicted octanol–water partition coefficient (Wildman–Crippen LogP) is 2.81. The van der Waals surface area contributed by atoms with Crippen LogP contribution < -0.4 is 0 Å². The zero-order valence-corrected chi connectivity index (χ0v) is 15.6. The molecule has 0 aromatic heterocycles. The molecule has 24 heavy (non-hydrogen) atoms. The number of fused-ring (bicyclic) bond motifs is 1. The summed E-state index contributed by atoms with van der Waals surface area (Å²) < 4.78 is 28.6. The van der Waals surface area contributed by atoms with Crippen LogP contribution in [0.3, 0.4) is 0 Å². The lowest BCUT2D eigenvalue weighted by atomic mass is 9.81. The first kappa shape index (κ1) is 19.4. The largest absolute Gasteiger partial charge is 0.466 e. The zero-order valence-electron chi connectivity index (χ0n) is 15.6. The van der Waals surface area contributed by atoms with Crippen LogP contribution in [0.4, 0.5) is 0 Å². The van der Waals surface area contributed by atoms with Crippen molar-refractivity contribution in [2.45, 2.75) is 70.2 Å². The Kier molecular flexibility index (Phi) is 6.07. The molecule has 1 aliphatic heterocycles. The van der Waals surface area contributed by atoms with Crippen molar-refractivity contribution in [3.8, 4) is 0 Å². The van der Waals surface area contributed by atoms with Gasteiger partial charge in [0.2, 0.25) is 11.6 Å². The van der Waals surface area contributed by atoms with Gasteiger partial charge in [0.15, 0.2) is 0 Å². The van der Waals surface area contributed by atoms with Crippen LogP contribution in [0.25, 0.3) is 0 Å². The van der Waals surface area contributed by atoms with Crippen LogP contribution >= 0.6 is 0 Å². The van der Waals surface area contributed by atoms with E-state index in [4.69, 9.17) is 23.7 Å². The van der Waals surface area contributed by atoms with Crippen LogP contribution in [0, 0.1) is 5.92 Å². The van der Waals surface area contributed by atoms with Gasteiger partial charge in [0.05, 0.1) is 19.3 Å². The molecule has 0 bridgehead atoms. The number of unbranched alkanes of at least 4 members (excludes halogenated alkanes) is 1. The average Bonchev–Trinajstić information content (AvgIpc) is 2.59. The van der Waals surface area contributed by atoms with Crippen LogP contribution in [0.15, 0.2) is 11.6 Å².